The van der Waals surface area contributed by atoms with Gasteiger partial charge in [-0.2, -0.15) is 5.10 Å². The van der Waals surface area contributed by atoms with Gasteiger partial charge in [-0.3, -0.25) is 19.5 Å². The highest BCUT2D eigenvalue weighted by molar-refractivity contribution is 8.00. The van der Waals surface area contributed by atoms with Crippen molar-refractivity contribution in [3.63, 3.8) is 0 Å². The lowest BCUT2D eigenvalue weighted by atomic mass is 9.98. The molecule has 43 heavy (non-hydrogen) atoms. The smallest absolute Gasteiger partial charge is 0.240 e. The van der Waals surface area contributed by atoms with Crippen molar-refractivity contribution in [3.8, 4) is 16.9 Å². The van der Waals surface area contributed by atoms with Gasteiger partial charge in [-0.15, -0.1) is 11.8 Å². The van der Waals surface area contributed by atoms with Crippen LogP contribution in [-0.2, 0) is 16.1 Å². The van der Waals surface area contributed by atoms with Crippen molar-refractivity contribution in [3.05, 3.63) is 131 Å². The molecule has 8 heteroatoms. The Bertz CT molecular complexity index is 1790. The van der Waals surface area contributed by atoms with E-state index in [1.54, 1.807) is 29.1 Å². The minimum absolute atomic E-state index is 0.122. The summed E-state index contributed by atoms with van der Waals surface area (Å²) >= 11 is 1.58. The van der Waals surface area contributed by atoms with Gasteiger partial charge >= 0.3 is 0 Å². The van der Waals surface area contributed by atoms with Gasteiger partial charge in [0.05, 0.1) is 22.4 Å². The van der Waals surface area contributed by atoms with Crippen LogP contribution >= 0.6 is 11.8 Å². The molecule has 6 rings (SSSR count). The Morgan fingerprint density at radius 3 is 2.49 bits per heavy atom. The Balaban J connectivity index is 1.55. The average molecular weight is 588 g/mol. The van der Waals surface area contributed by atoms with E-state index in [1.165, 1.54) is 0 Å². The number of carbonyl (C=O) groups excluding carboxylic acids is 2. The van der Waals surface area contributed by atoms with Crippen LogP contribution in [0.3, 0.4) is 0 Å². The van der Waals surface area contributed by atoms with Gasteiger partial charge in [-0.1, -0.05) is 72.3 Å². The van der Waals surface area contributed by atoms with Crippen molar-refractivity contribution in [1.29, 1.82) is 0 Å². The number of pyridine rings is 1. The summed E-state index contributed by atoms with van der Waals surface area (Å²) in [5, 5.41) is 8.05. The van der Waals surface area contributed by atoms with E-state index < -0.39 is 0 Å². The number of nitrogens with one attached hydrogen (secondary N) is 1. The van der Waals surface area contributed by atoms with E-state index in [4.69, 9.17) is 5.10 Å². The van der Waals surface area contributed by atoms with Crippen molar-refractivity contribution < 1.29 is 9.59 Å². The highest BCUT2D eigenvalue weighted by Crippen LogP contribution is 2.48. The average Bonchev–Trinajstić information content (AvgIpc) is 3.34. The molecule has 0 bridgehead atoms. The molecule has 0 unspecified atom stereocenters. The molecule has 2 aromatic heterocycles. The lowest BCUT2D eigenvalue weighted by molar-refractivity contribution is -0.123. The number of nitrogens with zero attached hydrogens (tertiary/aromatic N) is 4. The van der Waals surface area contributed by atoms with Gasteiger partial charge in [0.2, 0.25) is 11.8 Å². The fourth-order valence-corrected chi connectivity index (χ4v) is 6.65. The minimum atomic E-state index is -0.245. The number of amides is 2. The SMILES string of the molecule is Cc1cccc([C@H]2SCC(=O)N(CC(=O)NCc3ccncc3)c3c2c(-c2ccccc2)nn3-c2cccc(C)c2C)c1. The Morgan fingerprint density at radius 2 is 1.72 bits per heavy atom. The lowest BCUT2D eigenvalue weighted by Gasteiger charge is -2.24. The summed E-state index contributed by atoms with van der Waals surface area (Å²) in [6, 6.07) is 28.3. The summed E-state index contributed by atoms with van der Waals surface area (Å²) in [7, 11) is 0. The number of benzene rings is 3. The zero-order chi connectivity index (χ0) is 29.9. The fourth-order valence-electron chi connectivity index (χ4n) is 5.46. The topological polar surface area (TPSA) is 80.1 Å². The number of rotatable bonds is 7. The second-order valence-corrected chi connectivity index (χ2v) is 11.9. The van der Waals surface area contributed by atoms with Crippen LogP contribution in [0.15, 0.2) is 97.3 Å². The molecule has 0 saturated heterocycles. The molecular weight excluding hydrogens is 554 g/mol. The predicted molar refractivity (Wildman–Crippen MR) is 172 cm³/mol. The standard InChI is InChI=1S/C35H33N5O2S/c1-23-9-7-13-28(19-23)34-32-33(27-11-5-4-6-12-27)38-40(29-14-8-10-24(2)25(29)3)35(32)39(31(42)22-43-34)21-30(41)37-20-26-15-17-36-18-16-26/h4-19,34H,20-22H2,1-3H3,(H,37,41)/t34-/m1/s1. The second-order valence-electron chi connectivity index (χ2n) is 10.8. The summed E-state index contributed by atoms with van der Waals surface area (Å²) in [6.07, 6.45) is 3.39. The Kier molecular flexibility index (Phi) is 8.11. The molecule has 0 aliphatic carbocycles. The second kappa shape index (κ2) is 12.3. The van der Waals surface area contributed by atoms with Crippen LogP contribution in [0.25, 0.3) is 16.9 Å². The summed E-state index contributed by atoms with van der Waals surface area (Å²) < 4.78 is 1.88. The Labute approximate surface area is 256 Å². The van der Waals surface area contributed by atoms with E-state index in [2.05, 4.69) is 61.4 Å². The molecule has 7 nitrogen and oxygen atoms in total. The quantitative estimate of drug-likeness (QED) is 0.240. The largest absolute Gasteiger partial charge is 0.350 e. The summed E-state index contributed by atoms with van der Waals surface area (Å²) in [6.45, 7) is 6.44. The first kappa shape index (κ1) is 28.4. The van der Waals surface area contributed by atoms with Gasteiger partial charge in [0.25, 0.3) is 0 Å². The first-order chi connectivity index (χ1) is 20.9. The van der Waals surface area contributed by atoms with Crippen LogP contribution in [0.4, 0.5) is 5.82 Å². The normalized spacial score (nSPS) is 14.7. The number of hydrogen-bond acceptors (Lipinski definition) is 5. The van der Waals surface area contributed by atoms with Crippen molar-refractivity contribution in [2.75, 3.05) is 17.2 Å². The first-order valence-corrected chi connectivity index (χ1v) is 15.3. The molecule has 0 spiro atoms. The highest BCUT2D eigenvalue weighted by Gasteiger charge is 2.38. The van der Waals surface area contributed by atoms with Crippen molar-refractivity contribution in [2.45, 2.75) is 32.6 Å². The van der Waals surface area contributed by atoms with E-state index in [1.807, 2.05) is 59.3 Å². The van der Waals surface area contributed by atoms with Crippen LogP contribution in [0.1, 0.15) is 38.6 Å². The van der Waals surface area contributed by atoms with E-state index in [-0.39, 0.29) is 29.4 Å². The molecule has 2 amide bonds. The maximum absolute atomic E-state index is 14.0. The fraction of sp³-hybridized carbons (Fsp3) is 0.200. The first-order valence-electron chi connectivity index (χ1n) is 14.3. The highest BCUT2D eigenvalue weighted by atomic mass is 32.2. The van der Waals surface area contributed by atoms with Crippen LogP contribution < -0.4 is 10.2 Å². The lowest BCUT2D eigenvalue weighted by Crippen LogP contribution is -2.42. The summed E-state index contributed by atoms with van der Waals surface area (Å²) in [5.41, 5.74) is 8.92. The number of carbonyl (C=O) groups is 2. The van der Waals surface area contributed by atoms with E-state index in [9.17, 15) is 9.59 Å². The number of aromatic nitrogens is 3. The van der Waals surface area contributed by atoms with Crippen LogP contribution in [0.5, 0.6) is 0 Å². The molecule has 216 valence electrons. The van der Waals surface area contributed by atoms with E-state index >= 15 is 0 Å². The van der Waals surface area contributed by atoms with Gasteiger partial charge < -0.3 is 5.32 Å². The molecule has 1 N–H and O–H groups in total. The molecule has 1 aliphatic rings. The third-order valence-corrected chi connectivity index (χ3v) is 9.08. The molecule has 0 saturated carbocycles. The van der Waals surface area contributed by atoms with E-state index in [0.717, 1.165) is 50.3 Å². The monoisotopic (exact) mass is 587 g/mol. The zero-order valence-corrected chi connectivity index (χ0v) is 25.3. The van der Waals surface area contributed by atoms with Gasteiger partial charge in [-0.05, 0) is 61.2 Å². The molecular formula is C35H33N5O2S. The van der Waals surface area contributed by atoms with E-state index in [0.29, 0.717) is 12.4 Å². The molecule has 5 aromatic rings. The molecule has 3 heterocycles. The number of anilines is 1. The maximum atomic E-state index is 14.0. The number of fused-ring (bicyclic) bond motifs is 1. The van der Waals surface area contributed by atoms with Gasteiger partial charge in [0.15, 0.2) is 0 Å². The van der Waals surface area contributed by atoms with Gasteiger partial charge in [0.1, 0.15) is 12.4 Å². The van der Waals surface area contributed by atoms with Crippen LogP contribution in [0.2, 0.25) is 0 Å². The number of thioether (sulfide) groups is 1. The molecule has 0 radical (unpaired) electrons. The van der Waals surface area contributed by atoms with Gasteiger partial charge in [-0.25, -0.2) is 4.68 Å². The zero-order valence-electron chi connectivity index (χ0n) is 24.4. The summed E-state index contributed by atoms with van der Waals surface area (Å²) in [4.78, 5) is 33.1. The predicted octanol–water partition coefficient (Wildman–Crippen LogP) is 6.35. The number of aryl methyl sites for hydroxylation is 2. The maximum Gasteiger partial charge on any atom is 0.240 e. The summed E-state index contributed by atoms with van der Waals surface area (Å²) in [5.74, 6) is 0.483. The third-order valence-electron chi connectivity index (χ3n) is 7.83. The molecule has 0 fully saturated rings. The Morgan fingerprint density at radius 1 is 0.953 bits per heavy atom. The van der Waals surface area contributed by atoms with Crippen LogP contribution in [0, 0.1) is 20.8 Å². The Hall–Kier alpha value is -4.69. The van der Waals surface area contributed by atoms with Crippen molar-refractivity contribution >= 4 is 29.4 Å². The molecule has 1 atom stereocenters. The number of hydrogen-bond donors (Lipinski definition) is 1. The molecule has 3 aromatic carbocycles. The van der Waals surface area contributed by atoms with Crippen molar-refractivity contribution in [2.24, 2.45) is 0 Å². The van der Waals surface area contributed by atoms with Gasteiger partial charge in [0, 0.05) is 30.1 Å². The van der Waals surface area contributed by atoms with Crippen molar-refractivity contribution in [1.82, 2.24) is 20.1 Å². The molecule has 1 aliphatic heterocycles. The van der Waals surface area contributed by atoms with Crippen LogP contribution in [-0.4, -0.2) is 38.9 Å². The third kappa shape index (κ3) is 5.83. The minimum Gasteiger partial charge on any atom is -0.350 e.